The van der Waals surface area contributed by atoms with Crippen LogP contribution in [0, 0.1) is 46.3 Å². The van der Waals surface area contributed by atoms with Crippen molar-refractivity contribution in [2.75, 3.05) is 7.11 Å². The lowest BCUT2D eigenvalue weighted by Crippen LogP contribution is -2.50. The Morgan fingerprint density at radius 3 is 2.65 bits per heavy atom. The Bertz CT molecular complexity index is 698. The maximum absolute atomic E-state index is 11.7. The fraction of sp³-hybridized carbons (Fsp3) is 0.893. The number of hydrogen-bond acceptors (Lipinski definition) is 3. The van der Waals surface area contributed by atoms with E-state index in [0.29, 0.717) is 10.8 Å². The molecule has 0 bridgehead atoms. The van der Waals surface area contributed by atoms with Crippen LogP contribution < -0.4 is 0 Å². The summed E-state index contributed by atoms with van der Waals surface area (Å²) in [6.45, 7) is 9.64. The van der Waals surface area contributed by atoms with Gasteiger partial charge >= 0.3 is 5.97 Å². The summed E-state index contributed by atoms with van der Waals surface area (Å²) in [5, 5.41) is 10.2. The molecule has 3 fully saturated rings. The van der Waals surface area contributed by atoms with Crippen LogP contribution in [0.4, 0.5) is 0 Å². The molecule has 9 unspecified atom stereocenters. The van der Waals surface area contributed by atoms with Gasteiger partial charge in [0.15, 0.2) is 0 Å². The van der Waals surface area contributed by atoms with Gasteiger partial charge in [-0.05, 0) is 98.2 Å². The highest BCUT2D eigenvalue weighted by molar-refractivity contribution is 5.71. The van der Waals surface area contributed by atoms with Crippen molar-refractivity contribution in [3.05, 3.63) is 11.6 Å². The molecule has 4 aliphatic carbocycles. The molecule has 0 aliphatic heterocycles. The predicted molar refractivity (Wildman–Crippen MR) is 125 cm³/mol. The fourth-order valence-electron chi connectivity index (χ4n) is 8.88. The molecule has 0 heterocycles. The van der Waals surface area contributed by atoms with Crippen LogP contribution in [0.3, 0.4) is 0 Å². The number of carbonyl (C=O) groups excluding carboxylic acids is 1. The molecule has 1 N–H and O–H groups in total. The maximum Gasteiger partial charge on any atom is 0.308 e. The SMILES string of the molecule is COC(=O)C(C)CCCC(C)C1CCC2C3CC=C4CC(O)CCC4(C)C3CCC12C. The first kappa shape index (κ1) is 23.3. The second-order valence-electron chi connectivity index (χ2n) is 12.2. The predicted octanol–water partition coefficient (Wildman–Crippen LogP) is 6.54. The van der Waals surface area contributed by atoms with Crippen molar-refractivity contribution >= 4 is 5.97 Å². The Balaban J connectivity index is 1.42. The molecule has 4 aliphatic rings. The Morgan fingerprint density at radius 2 is 1.90 bits per heavy atom. The number of carbonyl (C=O) groups is 1. The molecule has 31 heavy (non-hydrogen) atoms. The van der Waals surface area contributed by atoms with Gasteiger partial charge in [0.1, 0.15) is 0 Å². The summed E-state index contributed by atoms with van der Waals surface area (Å²) < 4.78 is 4.90. The van der Waals surface area contributed by atoms with Crippen LogP contribution >= 0.6 is 0 Å². The number of allylic oxidation sites excluding steroid dienone is 1. The summed E-state index contributed by atoms with van der Waals surface area (Å²) in [6, 6.07) is 0. The minimum atomic E-state index is -0.108. The average Bonchev–Trinajstić information content (AvgIpc) is 3.10. The third-order valence-corrected chi connectivity index (χ3v) is 10.7. The van der Waals surface area contributed by atoms with Crippen molar-refractivity contribution in [1.29, 1.82) is 0 Å². The molecule has 9 atom stereocenters. The van der Waals surface area contributed by atoms with Crippen LogP contribution in [-0.4, -0.2) is 24.3 Å². The molecule has 176 valence electrons. The zero-order valence-electron chi connectivity index (χ0n) is 20.7. The molecule has 0 spiro atoms. The summed E-state index contributed by atoms with van der Waals surface area (Å²) in [6.07, 6.45) is 15.7. The van der Waals surface area contributed by atoms with E-state index in [1.165, 1.54) is 52.1 Å². The fourth-order valence-corrected chi connectivity index (χ4v) is 8.88. The van der Waals surface area contributed by atoms with Gasteiger partial charge in [0.25, 0.3) is 0 Å². The summed E-state index contributed by atoms with van der Waals surface area (Å²) in [4.78, 5) is 11.7. The lowest BCUT2D eigenvalue weighted by atomic mass is 9.47. The molecule has 4 rings (SSSR count). The third-order valence-electron chi connectivity index (χ3n) is 10.7. The highest BCUT2D eigenvalue weighted by Crippen LogP contribution is 2.67. The van der Waals surface area contributed by atoms with Gasteiger partial charge in [0, 0.05) is 0 Å². The maximum atomic E-state index is 11.7. The molecule has 0 aromatic carbocycles. The Kier molecular flexibility index (Phi) is 6.65. The van der Waals surface area contributed by atoms with E-state index in [0.717, 1.165) is 55.3 Å². The van der Waals surface area contributed by atoms with Crippen molar-refractivity contribution in [3.63, 3.8) is 0 Å². The van der Waals surface area contributed by atoms with Crippen LogP contribution in [-0.2, 0) is 9.53 Å². The Labute approximate surface area is 190 Å². The second-order valence-corrected chi connectivity index (χ2v) is 12.2. The molecule has 0 aromatic heterocycles. The summed E-state index contributed by atoms with van der Waals surface area (Å²) in [7, 11) is 1.50. The van der Waals surface area contributed by atoms with E-state index < -0.39 is 0 Å². The van der Waals surface area contributed by atoms with Gasteiger partial charge in [0.05, 0.1) is 19.1 Å². The normalized spacial score (nSPS) is 43.8. The number of methoxy groups -OCH3 is 1. The van der Waals surface area contributed by atoms with Crippen LogP contribution in [0.2, 0.25) is 0 Å². The first-order valence-electron chi connectivity index (χ1n) is 13.2. The molecule has 3 heteroatoms. The van der Waals surface area contributed by atoms with Crippen LogP contribution in [0.1, 0.15) is 98.3 Å². The van der Waals surface area contributed by atoms with Gasteiger partial charge in [-0.2, -0.15) is 0 Å². The number of aliphatic hydroxyl groups excluding tert-OH is 1. The Hall–Kier alpha value is -0.830. The molecular formula is C28H46O3. The summed E-state index contributed by atoms with van der Waals surface area (Å²) in [5.41, 5.74) is 2.42. The number of fused-ring (bicyclic) bond motifs is 5. The van der Waals surface area contributed by atoms with Gasteiger partial charge < -0.3 is 9.84 Å². The van der Waals surface area contributed by atoms with Crippen molar-refractivity contribution in [3.8, 4) is 0 Å². The number of hydrogen-bond donors (Lipinski definition) is 1. The van der Waals surface area contributed by atoms with Gasteiger partial charge in [-0.25, -0.2) is 0 Å². The van der Waals surface area contributed by atoms with Crippen molar-refractivity contribution in [2.24, 2.45) is 46.3 Å². The van der Waals surface area contributed by atoms with Gasteiger partial charge in [0.2, 0.25) is 0 Å². The van der Waals surface area contributed by atoms with E-state index in [2.05, 4.69) is 26.8 Å². The van der Waals surface area contributed by atoms with Crippen LogP contribution in [0.15, 0.2) is 11.6 Å². The lowest BCUT2D eigenvalue weighted by molar-refractivity contribution is -0.145. The number of esters is 1. The molecular weight excluding hydrogens is 384 g/mol. The zero-order chi connectivity index (χ0) is 22.4. The van der Waals surface area contributed by atoms with Crippen molar-refractivity contribution in [1.82, 2.24) is 0 Å². The Morgan fingerprint density at radius 1 is 1.13 bits per heavy atom. The molecule has 0 amide bonds. The number of rotatable bonds is 6. The lowest BCUT2D eigenvalue weighted by Gasteiger charge is -2.58. The first-order chi connectivity index (χ1) is 14.7. The zero-order valence-corrected chi connectivity index (χ0v) is 20.7. The highest BCUT2D eigenvalue weighted by atomic mass is 16.5. The minimum Gasteiger partial charge on any atom is -0.469 e. The molecule has 0 radical (unpaired) electrons. The average molecular weight is 431 g/mol. The van der Waals surface area contributed by atoms with E-state index in [4.69, 9.17) is 4.74 Å². The minimum absolute atomic E-state index is 0.0255. The molecule has 3 nitrogen and oxygen atoms in total. The summed E-state index contributed by atoms with van der Waals surface area (Å²) in [5.74, 6) is 4.08. The van der Waals surface area contributed by atoms with E-state index in [-0.39, 0.29) is 18.0 Å². The van der Waals surface area contributed by atoms with Gasteiger partial charge in [-0.3, -0.25) is 4.79 Å². The quantitative estimate of drug-likeness (QED) is 0.384. The van der Waals surface area contributed by atoms with Crippen LogP contribution in [0.5, 0.6) is 0 Å². The van der Waals surface area contributed by atoms with Crippen molar-refractivity contribution in [2.45, 2.75) is 104 Å². The number of aliphatic hydroxyl groups is 1. The van der Waals surface area contributed by atoms with Crippen molar-refractivity contribution < 1.29 is 14.6 Å². The van der Waals surface area contributed by atoms with E-state index in [1.54, 1.807) is 5.57 Å². The van der Waals surface area contributed by atoms with Crippen LogP contribution in [0.25, 0.3) is 0 Å². The van der Waals surface area contributed by atoms with Gasteiger partial charge in [-0.1, -0.05) is 52.2 Å². The molecule has 3 saturated carbocycles. The summed E-state index contributed by atoms with van der Waals surface area (Å²) >= 11 is 0. The molecule has 0 saturated heterocycles. The monoisotopic (exact) mass is 430 g/mol. The topological polar surface area (TPSA) is 46.5 Å². The third kappa shape index (κ3) is 4.02. The van der Waals surface area contributed by atoms with E-state index in [1.807, 2.05) is 6.92 Å². The largest absolute Gasteiger partial charge is 0.469 e. The van der Waals surface area contributed by atoms with E-state index in [9.17, 15) is 9.90 Å². The highest BCUT2D eigenvalue weighted by Gasteiger charge is 2.59. The standard InChI is InChI=1S/C28H46O3/c1-18(7-6-8-19(2)26(30)31-5)23-11-12-24-22-10-9-20-17-21(29)13-15-27(20,3)25(22)14-16-28(23,24)4/h9,18-19,21-25,29H,6-8,10-17H2,1-5H3. The molecule has 0 aromatic rings. The smallest absolute Gasteiger partial charge is 0.308 e. The number of ether oxygens (including phenoxy) is 1. The van der Waals surface area contributed by atoms with Gasteiger partial charge in [-0.15, -0.1) is 0 Å². The second kappa shape index (κ2) is 8.84. The van der Waals surface area contributed by atoms with E-state index >= 15 is 0 Å². The first-order valence-corrected chi connectivity index (χ1v) is 13.2.